The fourth-order valence-corrected chi connectivity index (χ4v) is 7.47. The van der Waals surface area contributed by atoms with E-state index in [-0.39, 0.29) is 22.4 Å². The number of carbonyl (C=O) groups is 2. The van der Waals surface area contributed by atoms with E-state index in [1.165, 1.54) is 5.57 Å². The molecule has 116 valence electrons. The van der Waals surface area contributed by atoms with Crippen LogP contribution in [0, 0.1) is 21.7 Å². The number of carbonyl (C=O) groups excluding carboxylic acids is 2. The first kappa shape index (κ1) is 12.7. The molecular weight excluding hydrogens is 284 g/mol. The number of fused-ring (bicyclic) bond motifs is 2. The summed E-state index contributed by atoms with van der Waals surface area (Å²) < 4.78 is 0. The summed E-state index contributed by atoms with van der Waals surface area (Å²) in [6.07, 6.45) is 8.48. The molecule has 2 nitrogen and oxygen atoms in total. The summed E-state index contributed by atoms with van der Waals surface area (Å²) in [5, 5.41) is 0. The molecule has 0 bridgehead atoms. The van der Waals surface area contributed by atoms with Gasteiger partial charge in [0.25, 0.3) is 0 Å². The normalized spacial score (nSPS) is 40.0. The molecule has 2 atom stereocenters. The van der Waals surface area contributed by atoms with E-state index in [2.05, 4.69) is 13.0 Å². The molecule has 2 heteroatoms. The summed E-state index contributed by atoms with van der Waals surface area (Å²) in [7, 11) is 0. The van der Waals surface area contributed by atoms with Crippen molar-refractivity contribution in [2.24, 2.45) is 21.7 Å². The average molecular weight is 304 g/mol. The number of allylic oxidation sites excluding steroid dienone is 2. The molecular formula is C21H20O2. The maximum Gasteiger partial charge on any atom is 0.171 e. The van der Waals surface area contributed by atoms with E-state index in [0.29, 0.717) is 11.1 Å². The molecule has 0 amide bonds. The average Bonchev–Trinajstić information content (AvgIpc) is 3.44. The van der Waals surface area contributed by atoms with Gasteiger partial charge in [-0.1, -0.05) is 35.9 Å². The van der Waals surface area contributed by atoms with Crippen LogP contribution in [0.4, 0.5) is 0 Å². The Hall–Kier alpha value is -1.70. The Morgan fingerprint density at radius 3 is 1.91 bits per heavy atom. The second-order valence-electron chi connectivity index (χ2n) is 8.61. The van der Waals surface area contributed by atoms with E-state index in [4.69, 9.17) is 0 Å². The Balaban J connectivity index is 1.73. The van der Waals surface area contributed by atoms with Crippen molar-refractivity contribution < 1.29 is 9.59 Å². The van der Waals surface area contributed by atoms with Crippen LogP contribution in [0.5, 0.6) is 0 Å². The van der Waals surface area contributed by atoms with Gasteiger partial charge in [0.2, 0.25) is 0 Å². The highest BCUT2D eigenvalue weighted by Crippen LogP contribution is 2.98. The summed E-state index contributed by atoms with van der Waals surface area (Å²) in [6, 6.07) is 7.58. The van der Waals surface area contributed by atoms with E-state index in [0.717, 1.165) is 38.5 Å². The van der Waals surface area contributed by atoms with E-state index in [1.807, 2.05) is 24.3 Å². The Bertz CT molecular complexity index is 852. The first-order chi connectivity index (χ1) is 11.1. The van der Waals surface area contributed by atoms with Crippen LogP contribution in [0.1, 0.15) is 66.2 Å². The van der Waals surface area contributed by atoms with Crippen LogP contribution >= 0.6 is 0 Å². The maximum atomic E-state index is 13.7. The zero-order valence-electron chi connectivity index (χ0n) is 13.4. The molecule has 5 aliphatic rings. The van der Waals surface area contributed by atoms with Crippen molar-refractivity contribution in [3.05, 3.63) is 47.0 Å². The van der Waals surface area contributed by atoms with Crippen molar-refractivity contribution in [1.82, 2.24) is 0 Å². The van der Waals surface area contributed by atoms with Gasteiger partial charge >= 0.3 is 0 Å². The molecule has 1 aromatic rings. The van der Waals surface area contributed by atoms with Crippen molar-refractivity contribution in [3.63, 3.8) is 0 Å². The van der Waals surface area contributed by atoms with Gasteiger partial charge in [0.15, 0.2) is 11.6 Å². The molecule has 3 saturated carbocycles. The van der Waals surface area contributed by atoms with Gasteiger partial charge in [-0.25, -0.2) is 0 Å². The zero-order valence-corrected chi connectivity index (χ0v) is 13.4. The van der Waals surface area contributed by atoms with Crippen LogP contribution in [0.25, 0.3) is 0 Å². The second-order valence-corrected chi connectivity index (χ2v) is 8.61. The number of ketones is 2. The summed E-state index contributed by atoms with van der Waals surface area (Å²) >= 11 is 0. The van der Waals surface area contributed by atoms with Crippen LogP contribution in [0.2, 0.25) is 0 Å². The molecule has 0 aromatic heterocycles. The highest BCUT2D eigenvalue weighted by molar-refractivity contribution is 6.22. The Kier molecular flexibility index (Phi) is 1.79. The van der Waals surface area contributed by atoms with E-state index in [9.17, 15) is 9.59 Å². The summed E-state index contributed by atoms with van der Waals surface area (Å²) in [5.41, 5.74) is 2.17. The SMILES string of the molecule is CC1=CCC23C(=O)c4ccccc4C(=O)C2(C1)C1(CC1)C31CC1. The van der Waals surface area contributed by atoms with E-state index in [1.54, 1.807) is 0 Å². The molecule has 0 heterocycles. The fourth-order valence-electron chi connectivity index (χ4n) is 7.47. The van der Waals surface area contributed by atoms with Gasteiger partial charge < -0.3 is 0 Å². The minimum Gasteiger partial charge on any atom is -0.293 e. The van der Waals surface area contributed by atoms with Crippen LogP contribution in [-0.4, -0.2) is 11.6 Å². The quantitative estimate of drug-likeness (QED) is 0.668. The summed E-state index contributed by atoms with van der Waals surface area (Å²) in [6.45, 7) is 2.14. The topological polar surface area (TPSA) is 34.1 Å². The Labute approximate surface area is 136 Å². The number of Topliss-reactive ketones (excluding diaryl/α,β-unsaturated/α-hetero) is 2. The lowest BCUT2D eigenvalue weighted by atomic mass is 9.26. The zero-order chi connectivity index (χ0) is 15.7. The van der Waals surface area contributed by atoms with Gasteiger partial charge in [-0.15, -0.1) is 0 Å². The summed E-state index contributed by atoms with van der Waals surface area (Å²) in [5.74, 6) is 0.571. The second kappa shape index (κ2) is 3.24. The summed E-state index contributed by atoms with van der Waals surface area (Å²) in [4.78, 5) is 27.4. The number of benzene rings is 1. The van der Waals surface area contributed by atoms with Crippen molar-refractivity contribution >= 4 is 11.6 Å². The van der Waals surface area contributed by atoms with Crippen molar-refractivity contribution in [2.75, 3.05) is 0 Å². The van der Waals surface area contributed by atoms with E-state index < -0.39 is 10.8 Å². The molecule has 0 aliphatic heterocycles. The molecule has 3 fully saturated rings. The molecule has 1 aromatic carbocycles. The van der Waals surface area contributed by atoms with Crippen LogP contribution in [0.3, 0.4) is 0 Å². The van der Waals surface area contributed by atoms with Crippen LogP contribution in [0.15, 0.2) is 35.9 Å². The molecule has 6 rings (SSSR count). The molecule has 23 heavy (non-hydrogen) atoms. The number of hydrogen-bond acceptors (Lipinski definition) is 2. The Morgan fingerprint density at radius 1 is 0.826 bits per heavy atom. The third-order valence-electron chi connectivity index (χ3n) is 8.27. The molecule has 0 saturated heterocycles. The molecule has 0 radical (unpaired) electrons. The molecule has 2 unspecified atom stereocenters. The van der Waals surface area contributed by atoms with Crippen LogP contribution < -0.4 is 0 Å². The first-order valence-electron chi connectivity index (χ1n) is 8.91. The molecule has 2 spiro atoms. The van der Waals surface area contributed by atoms with Gasteiger partial charge in [0.05, 0.1) is 10.8 Å². The van der Waals surface area contributed by atoms with Gasteiger partial charge in [-0.05, 0) is 56.3 Å². The van der Waals surface area contributed by atoms with E-state index >= 15 is 0 Å². The first-order valence-corrected chi connectivity index (χ1v) is 8.91. The van der Waals surface area contributed by atoms with Crippen molar-refractivity contribution in [3.8, 4) is 0 Å². The predicted molar refractivity (Wildman–Crippen MR) is 86.3 cm³/mol. The number of rotatable bonds is 0. The highest BCUT2D eigenvalue weighted by Gasteiger charge is 2.97. The monoisotopic (exact) mass is 304 g/mol. The lowest BCUT2D eigenvalue weighted by Crippen LogP contribution is -2.77. The standard InChI is InChI=1S/C21H20O2/c1-13-6-7-20-16(22)14-4-2-3-5-15(14)17(23)21(20,12-13)19(10-11-19)18(20)8-9-18/h2-6H,7-12H2,1H3. The molecule has 5 aliphatic carbocycles. The predicted octanol–water partition coefficient (Wildman–Crippen LogP) is 4.35. The third kappa shape index (κ3) is 0.913. The van der Waals surface area contributed by atoms with Gasteiger partial charge in [-0.3, -0.25) is 9.59 Å². The maximum absolute atomic E-state index is 13.7. The minimum absolute atomic E-state index is 0.149. The number of hydrogen-bond donors (Lipinski definition) is 0. The highest BCUT2D eigenvalue weighted by atomic mass is 16.1. The van der Waals surface area contributed by atoms with Gasteiger partial charge in [0.1, 0.15) is 0 Å². The molecule has 0 N–H and O–H groups in total. The van der Waals surface area contributed by atoms with Gasteiger partial charge in [0, 0.05) is 11.1 Å². The smallest absolute Gasteiger partial charge is 0.171 e. The lowest BCUT2D eigenvalue weighted by Gasteiger charge is -2.73. The largest absolute Gasteiger partial charge is 0.293 e. The lowest BCUT2D eigenvalue weighted by molar-refractivity contribution is -0.191. The third-order valence-corrected chi connectivity index (χ3v) is 8.27. The minimum atomic E-state index is -0.416. The van der Waals surface area contributed by atoms with Crippen molar-refractivity contribution in [2.45, 2.75) is 45.4 Å². The van der Waals surface area contributed by atoms with Gasteiger partial charge in [-0.2, -0.15) is 0 Å². The van der Waals surface area contributed by atoms with Crippen molar-refractivity contribution in [1.29, 1.82) is 0 Å². The van der Waals surface area contributed by atoms with Crippen LogP contribution in [-0.2, 0) is 0 Å². The Morgan fingerprint density at radius 2 is 1.35 bits per heavy atom. The fraction of sp³-hybridized carbons (Fsp3) is 0.524.